The van der Waals surface area contributed by atoms with E-state index in [4.69, 9.17) is 4.74 Å². The fraction of sp³-hybridized carbons (Fsp3) is 0.636. The Balaban J connectivity index is 0.00000341. The molecule has 1 saturated heterocycles. The van der Waals surface area contributed by atoms with E-state index in [1.165, 1.54) is 18.2 Å². The number of rotatable bonds is 5. The van der Waals surface area contributed by atoms with Crippen molar-refractivity contribution in [3.63, 3.8) is 0 Å². The van der Waals surface area contributed by atoms with Gasteiger partial charge in [0.05, 0.1) is 6.61 Å². The van der Waals surface area contributed by atoms with Gasteiger partial charge in [0.25, 0.3) is 0 Å². The molecule has 1 aromatic rings. The molecule has 31 heavy (non-hydrogen) atoms. The molecule has 0 unspecified atom stereocenters. The lowest BCUT2D eigenvalue weighted by Crippen LogP contribution is -2.51. The zero-order chi connectivity index (χ0) is 21.6. The van der Waals surface area contributed by atoms with E-state index in [-0.39, 0.29) is 41.7 Å². The number of hydrogen-bond donors (Lipinski definition) is 2. The van der Waals surface area contributed by atoms with Crippen LogP contribution in [0.15, 0.2) is 23.2 Å². The predicted octanol–water partition coefficient (Wildman–Crippen LogP) is 4.18. The molecule has 2 fully saturated rings. The van der Waals surface area contributed by atoms with Crippen LogP contribution in [0.2, 0.25) is 0 Å². The summed E-state index contributed by atoms with van der Waals surface area (Å²) in [5.41, 5.74) is -0.381. The second-order valence-corrected chi connectivity index (χ2v) is 8.11. The third-order valence-electron chi connectivity index (χ3n) is 6.23. The first-order chi connectivity index (χ1) is 14.5. The van der Waals surface area contributed by atoms with Crippen LogP contribution < -0.4 is 10.6 Å². The highest BCUT2D eigenvalue weighted by molar-refractivity contribution is 14.0. The van der Waals surface area contributed by atoms with Crippen molar-refractivity contribution in [1.29, 1.82) is 0 Å². The van der Waals surface area contributed by atoms with Crippen molar-refractivity contribution in [3.05, 3.63) is 35.4 Å². The summed E-state index contributed by atoms with van der Waals surface area (Å²) in [7, 11) is 1.69. The van der Waals surface area contributed by atoms with Gasteiger partial charge < -0.3 is 20.3 Å². The van der Waals surface area contributed by atoms with E-state index in [1.807, 2.05) is 0 Å². The average molecular weight is 550 g/mol. The first-order valence-corrected chi connectivity index (χ1v) is 10.8. The minimum absolute atomic E-state index is 0. The number of aliphatic imine (C=N–C) groups is 1. The van der Waals surface area contributed by atoms with Gasteiger partial charge in [0.2, 0.25) is 0 Å². The second-order valence-electron chi connectivity index (χ2n) is 8.11. The molecule has 1 aliphatic heterocycles. The Morgan fingerprint density at radius 3 is 2.39 bits per heavy atom. The van der Waals surface area contributed by atoms with E-state index in [0.29, 0.717) is 32.2 Å². The number of nitrogens with one attached hydrogen (secondary N) is 2. The lowest BCUT2D eigenvalue weighted by Gasteiger charge is -2.34. The van der Waals surface area contributed by atoms with Crippen molar-refractivity contribution in [2.45, 2.75) is 56.9 Å². The van der Waals surface area contributed by atoms with Crippen molar-refractivity contribution in [2.75, 3.05) is 33.3 Å². The normalized spacial score (nSPS) is 19.0. The molecule has 0 bridgehead atoms. The Bertz CT molecular complexity index is 744. The molecule has 0 radical (unpaired) electrons. The molecule has 0 aromatic heterocycles. The van der Waals surface area contributed by atoms with Crippen LogP contribution in [0.1, 0.15) is 51.0 Å². The topological polar surface area (TPSA) is 66.0 Å². The smallest absolute Gasteiger partial charge is 0.409 e. The van der Waals surface area contributed by atoms with Gasteiger partial charge in [0.15, 0.2) is 5.96 Å². The third-order valence-corrected chi connectivity index (χ3v) is 6.23. The Kier molecular flexibility index (Phi) is 9.77. The van der Waals surface area contributed by atoms with E-state index in [0.717, 1.165) is 38.5 Å². The van der Waals surface area contributed by atoms with Gasteiger partial charge in [-0.05, 0) is 44.7 Å². The number of guanidine groups is 1. The Hall–Kier alpha value is -1.65. The molecule has 2 N–H and O–H groups in total. The number of halogens is 3. The maximum absolute atomic E-state index is 14.5. The number of nitrogens with zero attached hydrogens (tertiary/aromatic N) is 2. The largest absolute Gasteiger partial charge is 0.450 e. The van der Waals surface area contributed by atoms with Crippen molar-refractivity contribution >= 4 is 36.0 Å². The summed E-state index contributed by atoms with van der Waals surface area (Å²) >= 11 is 0. The van der Waals surface area contributed by atoms with E-state index < -0.39 is 17.0 Å². The SMILES string of the molecule is CCOC(=O)N1CCC(NC(=NC)NCC2(c3c(F)cccc3F)CCCC2)CC1.I. The predicted molar refractivity (Wildman–Crippen MR) is 128 cm³/mol. The summed E-state index contributed by atoms with van der Waals surface area (Å²) in [6.07, 6.45) is 4.69. The van der Waals surface area contributed by atoms with Crippen molar-refractivity contribution < 1.29 is 18.3 Å². The highest BCUT2D eigenvalue weighted by Gasteiger charge is 2.40. The van der Waals surface area contributed by atoms with Crippen LogP contribution >= 0.6 is 24.0 Å². The highest BCUT2D eigenvalue weighted by atomic mass is 127. The van der Waals surface area contributed by atoms with Gasteiger partial charge in [-0.3, -0.25) is 4.99 Å². The number of piperidine rings is 1. The van der Waals surface area contributed by atoms with Crippen LogP contribution in [0.3, 0.4) is 0 Å². The number of carbonyl (C=O) groups excluding carboxylic acids is 1. The van der Waals surface area contributed by atoms with E-state index in [2.05, 4.69) is 15.6 Å². The number of ether oxygens (including phenoxy) is 1. The summed E-state index contributed by atoms with van der Waals surface area (Å²) in [4.78, 5) is 17.9. The number of carbonyl (C=O) groups is 1. The highest BCUT2D eigenvalue weighted by Crippen LogP contribution is 2.42. The Morgan fingerprint density at radius 2 is 1.84 bits per heavy atom. The standard InChI is InChI=1S/C22H32F2N4O2.HI/c1-3-30-21(29)28-13-9-16(10-14-28)27-20(25-2)26-15-22(11-4-5-12-22)19-17(23)7-6-8-18(19)24;/h6-8,16H,3-5,9-15H2,1-2H3,(H2,25,26,27);1H. The molecule has 9 heteroatoms. The number of likely N-dealkylation sites (tertiary alicyclic amines) is 1. The third kappa shape index (κ3) is 6.20. The lowest BCUT2D eigenvalue weighted by molar-refractivity contribution is 0.0963. The zero-order valence-corrected chi connectivity index (χ0v) is 20.6. The molecule has 1 heterocycles. The summed E-state index contributed by atoms with van der Waals surface area (Å²) in [5, 5.41) is 6.70. The summed E-state index contributed by atoms with van der Waals surface area (Å²) in [6.45, 7) is 3.84. The van der Waals surface area contributed by atoms with Gasteiger partial charge in [0.1, 0.15) is 11.6 Å². The molecule has 1 amide bonds. The zero-order valence-electron chi connectivity index (χ0n) is 18.3. The lowest BCUT2D eigenvalue weighted by atomic mass is 9.78. The number of benzene rings is 1. The summed E-state index contributed by atoms with van der Waals surface area (Å²) in [6, 6.07) is 4.26. The van der Waals surface area contributed by atoms with Crippen molar-refractivity contribution in [1.82, 2.24) is 15.5 Å². The Labute approximate surface area is 200 Å². The van der Waals surface area contributed by atoms with Crippen LogP contribution in [0, 0.1) is 11.6 Å². The van der Waals surface area contributed by atoms with E-state index in [9.17, 15) is 13.6 Å². The molecule has 174 valence electrons. The summed E-state index contributed by atoms with van der Waals surface area (Å²) < 4.78 is 34.1. The van der Waals surface area contributed by atoms with Gasteiger partial charge in [-0.2, -0.15) is 0 Å². The maximum Gasteiger partial charge on any atom is 0.409 e. The molecular formula is C22H33F2IN4O2. The van der Waals surface area contributed by atoms with Crippen LogP contribution in [0.4, 0.5) is 13.6 Å². The molecule has 0 atom stereocenters. The van der Waals surface area contributed by atoms with Crippen LogP contribution in [0.5, 0.6) is 0 Å². The minimum Gasteiger partial charge on any atom is -0.450 e. The van der Waals surface area contributed by atoms with Crippen molar-refractivity contribution in [2.24, 2.45) is 4.99 Å². The number of hydrogen-bond acceptors (Lipinski definition) is 3. The molecule has 3 rings (SSSR count). The molecular weight excluding hydrogens is 517 g/mol. The van der Waals surface area contributed by atoms with Crippen molar-refractivity contribution in [3.8, 4) is 0 Å². The van der Waals surface area contributed by atoms with Crippen LogP contribution in [-0.4, -0.2) is 56.3 Å². The first-order valence-electron chi connectivity index (χ1n) is 10.8. The fourth-order valence-electron chi connectivity index (χ4n) is 4.63. The monoisotopic (exact) mass is 550 g/mol. The average Bonchev–Trinajstić information content (AvgIpc) is 3.21. The van der Waals surface area contributed by atoms with E-state index in [1.54, 1.807) is 18.9 Å². The molecule has 1 aliphatic carbocycles. The molecule has 0 spiro atoms. The van der Waals surface area contributed by atoms with Crippen LogP contribution in [0.25, 0.3) is 0 Å². The molecule has 6 nitrogen and oxygen atoms in total. The maximum atomic E-state index is 14.5. The first kappa shape index (κ1) is 25.6. The summed E-state index contributed by atoms with van der Waals surface area (Å²) in [5.74, 6) is -0.339. The molecule has 1 saturated carbocycles. The van der Waals surface area contributed by atoms with Gasteiger partial charge in [0, 0.05) is 43.7 Å². The Morgan fingerprint density at radius 1 is 1.23 bits per heavy atom. The van der Waals surface area contributed by atoms with Crippen LogP contribution in [-0.2, 0) is 10.2 Å². The molecule has 2 aliphatic rings. The van der Waals surface area contributed by atoms with E-state index >= 15 is 0 Å². The second kappa shape index (κ2) is 11.8. The quantitative estimate of drug-likeness (QED) is 0.328. The van der Waals surface area contributed by atoms with Gasteiger partial charge in [-0.1, -0.05) is 18.9 Å². The minimum atomic E-state index is -0.569. The van der Waals surface area contributed by atoms with Gasteiger partial charge in [-0.15, -0.1) is 24.0 Å². The fourth-order valence-corrected chi connectivity index (χ4v) is 4.63. The molecule has 1 aromatic carbocycles. The number of amides is 1. The van der Waals surface area contributed by atoms with Gasteiger partial charge in [-0.25, -0.2) is 13.6 Å². The van der Waals surface area contributed by atoms with Gasteiger partial charge >= 0.3 is 6.09 Å².